The van der Waals surface area contributed by atoms with Crippen LogP contribution in [0, 0.1) is 20.8 Å². The molecule has 1 aliphatic rings. The predicted molar refractivity (Wildman–Crippen MR) is 86.4 cm³/mol. The molecule has 1 aromatic heterocycles. The number of carbonyl (C=O) groups is 2. The van der Waals surface area contributed by atoms with Crippen molar-refractivity contribution < 1.29 is 23.8 Å². The number of furan rings is 1. The third kappa shape index (κ3) is 2.87. The Morgan fingerprint density at radius 1 is 1.21 bits per heavy atom. The van der Waals surface area contributed by atoms with Gasteiger partial charge in [-0.3, -0.25) is 4.79 Å². The quantitative estimate of drug-likeness (QED) is 0.900. The van der Waals surface area contributed by atoms with E-state index in [-0.39, 0.29) is 23.9 Å². The molecule has 0 radical (unpaired) electrons. The molecule has 1 atom stereocenters. The van der Waals surface area contributed by atoms with Gasteiger partial charge < -0.3 is 19.6 Å². The summed E-state index contributed by atoms with van der Waals surface area (Å²) in [6.07, 6.45) is 0. The van der Waals surface area contributed by atoms with Gasteiger partial charge in [-0.1, -0.05) is 6.07 Å². The van der Waals surface area contributed by atoms with E-state index in [0.29, 0.717) is 18.1 Å². The standard InChI is InChI=1S/C18H19NO5/c1-9-4-14-15(8-23-16(14)5-10(9)2)17(20)19-7-12-6-13(18(21)22)11(3)24-12/h4-6,15H,7-8H2,1-3H3,(H,19,20)(H,21,22). The van der Waals surface area contributed by atoms with Gasteiger partial charge in [0.25, 0.3) is 0 Å². The van der Waals surface area contributed by atoms with E-state index in [0.717, 1.165) is 22.4 Å². The summed E-state index contributed by atoms with van der Waals surface area (Å²) < 4.78 is 11.0. The van der Waals surface area contributed by atoms with E-state index in [2.05, 4.69) is 5.32 Å². The molecule has 3 rings (SSSR count). The Morgan fingerprint density at radius 3 is 2.58 bits per heavy atom. The summed E-state index contributed by atoms with van der Waals surface area (Å²) >= 11 is 0. The highest BCUT2D eigenvalue weighted by atomic mass is 16.5. The van der Waals surface area contributed by atoms with Crippen LogP contribution in [0.2, 0.25) is 0 Å². The lowest BCUT2D eigenvalue weighted by molar-refractivity contribution is -0.123. The molecule has 1 aliphatic heterocycles. The van der Waals surface area contributed by atoms with Crippen molar-refractivity contribution in [1.82, 2.24) is 5.32 Å². The fourth-order valence-electron chi connectivity index (χ4n) is 2.83. The number of hydrogen-bond donors (Lipinski definition) is 2. The third-order valence-corrected chi connectivity index (χ3v) is 4.36. The lowest BCUT2D eigenvalue weighted by Gasteiger charge is -2.10. The van der Waals surface area contributed by atoms with Gasteiger partial charge in [0.15, 0.2) is 0 Å². The molecule has 2 heterocycles. The summed E-state index contributed by atoms with van der Waals surface area (Å²) in [5.41, 5.74) is 3.24. The van der Waals surface area contributed by atoms with Crippen LogP contribution in [0.3, 0.4) is 0 Å². The summed E-state index contributed by atoms with van der Waals surface area (Å²) in [5.74, 6) is -0.0832. The van der Waals surface area contributed by atoms with Crippen LogP contribution in [-0.2, 0) is 11.3 Å². The average molecular weight is 329 g/mol. The summed E-state index contributed by atoms with van der Waals surface area (Å²) in [4.78, 5) is 23.5. The monoisotopic (exact) mass is 329 g/mol. The first-order chi connectivity index (χ1) is 11.4. The number of carboxylic acid groups (broad SMARTS) is 1. The Bertz CT molecular complexity index is 821. The molecule has 24 heavy (non-hydrogen) atoms. The van der Waals surface area contributed by atoms with E-state index in [9.17, 15) is 9.59 Å². The Balaban J connectivity index is 1.70. The van der Waals surface area contributed by atoms with Gasteiger partial charge in [0.05, 0.1) is 6.54 Å². The minimum Gasteiger partial charge on any atom is -0.492 e. The molecule has 6 heteroatoms. The molecule has 0 saturated carbocycles. The first kappa shape index (κ1) is 16.1. The van der Waals surface area contributed by atoms with Crippen LogP contribution in [0.1, 0.15) is 44.5 Å². The Morgan fingerprint density at radius 2 is 1.92 bits per heavy atom. The van der Waals surface area contributed by atoms with Gasteiger partial charge in [-0.25, -0.2) is 4.79 Å². The largest absolute Gasteiger partial charge is 0.492 e. The molecule has 1 unspecified atom stereocenters. The van der Waals surface area contributed by atoms with E-state index in [1.165, 1.54) is 6.07 Å². The van der Waals surface area contributed by atoms with E-state index in [4.69, 9.17) is 14.3 Å². The second-order valence-electron chi connectivity index (χ2n) is 6.04. The fraction of sp³-hybridized carbons (Fsp3) is 0.333. The highest BCUT2D eigenvalue weighted by Gasteiger charge is 2.31. The van der Waals surface area contributed by atoms with Crippen LogP contribution in [0.5, 0.6) is 5.75 Å². The summed E-state index contributed by atoms with van der Waals surface area (Å²) in [6.45, 7) is 6.04. The van der Waals surface area contributed by atoms with Gasteiger partial charge in [0.1, 0.15) is 35.4 Å². The van der Waals surface area contributed by atoms with Gasteiger partial charge >= 0.3 is 5.97 Å². The summed E-state index contributed by atoms with van der Waals surface area (Å²) in [5, 5.41) is 11.8. The lowest BCUT2D eigenvalue weighted by Crippen LogP contribution is -2.29. The number of ether oxygens (including phenoxy) is 1. The van der Waals surface area contributed by atoms with E-state index in [1.54, 1.807) is 6.92 Å². The van der Waals surface area contributed by atoms with Crippen molar-refractivity contribution in [3.05, 3.63) is 52.0 Å². The lowest BCUT2D eigenvalue weighted by atomic mass is 9.96. The maximum atomic E-state index is 12.5. The highest BCUT2D eigenvalue weighted by molar-refractivity contribution is 5.89. The topological polar surface area (TPSA) is 88.8 Å². The molecule has 0 spiro atoms. The fourth-order valence-corrected chi connectivity index (χ4v) is 2.83. The maximum absolute atomic E-state index is 12.5. The molecule has 126 valence electrons. The number of rotatable bonds is 4. The minimum absolute atomic E-state index is 0.111. The zero-order chi connectivity index (χ0) is 17.4. The number of fused-ring (bicyclic) bond motifs is 1. The molecule has 0 saturated heterocycles. The first-order valence-corrected chi connectivity index (χ1v) is 7.71. The number of amides is 1. The Hall–Kier alpha value is -2.76. The predicted octanol–water partition coefficient (Wildman–Crippen LogP) is 2.70. The molecule has 2 N–H and O–H groups in total. The number of hydrogen-bond acceptors (Lipinski definition) is 4. The summed E-state index contributed by atoms with van der Waals surface area (Å²) in [7, 11) is 0. The van der Waals surface area contributed by atoms with Crippen molar-refractivity contribution in [1.29, 1.82) is 0 Å². The van der Waals surface area contributed by atoms with Crippen LogP contribution in [0.25, 0.3) is 0 Å². The first-order valence-electron chi connectivity index (χ1n) is 7.71. The van der Waals surface area contributed by atoms with Crippen LogP contribution < -0.4 is 10.1 Å². The SMILES string of the molecule is Cc1cc2c(cc1C)C(C(=O)NCc1cc(C(=O)O)c(C)o1)CO2. The van der Waals surface area contributed by atoms with Crippen molar-refractivity contribution in [2.45, 2.75) is 33.2 Å². The van der Waals surface area contributed by atoms with Crippen LogP contribution in [0.15, 0.2) is 22.6 Å². The molecule has 1 amide bonds. The van der Waals surface area contributed by atoms with Crippen LogP contribution >= 0.6 is 0 Å². The smallest absolute Gasteiger partial charge is 0.339 e. The number of carboxylic acids is 1. The van der Waals surface area contributed by atoms with E-state index < -0.39 is 5.97 Å². The zero-order valence-corrected chi connectivity index (χ0v) is 13.8. The number of aromatic carboxylic acids is 1. The van der Waals surface area contributed by atoms with Crippen LogP contribution in [-0.4, -0.2) is 23.6 Å². The number of aryl methyl sites for hydroxylation is 3. The van der Waals surface area contributed by atoms with Gasteiger partial charge in [0.2, 0.25) is 5.91 Å². The maximum Gasteiger partial charge on any atom is 0.339 e. The van der Waals surface area contributed by atoms with Gasteiger partial charge in [-0.15, -0.1) is 0 Å². The van der Waals surface area contributed by atoms with Crippen molar-refractivity contribution in [2.75, 3.05) is 6.61 Å². The molecular formula is C18H19NO5. The molecular weight excluding hydrogens is 310 g/mol. The zero-order valence-electron chi connectivity index (χ0n) is 13.8. The van der Waals surface area contributed by atoms with Crippen LogP contribution in [0.4, 0.5) is 0 Å². The molecule has 0 aliphatic carbocycles. The van der Waals surface area contributed by atoms with Gasteiger partial charge in [-0.2, -0.15) is 0 Å². The summed E-state index contributed by atoms with van der Waals surface area (Å²) in [6, 6.07) is 5.37. The van der Waals surface area contributed by atoms with Crippen molar-refractivity contribution in [3.63, 3.8) is 0 Å². The second kappa shape index (κ2) is 6.03. The average Bonchev–Trinajstić information content (AvgIpc) is 3.09. The number of carbonyl (C=O) groups excluding carboxylic acids is 1. The van der Waals surface area contributed by atoms with Crippen molar-refractivity contribution in [3.8, 4) is 5.75 Å². The molecule has 0 bridgehead atoms. The molecule has 1 aromatic carbocycles. The number of nitrogens with one attached hydrogen (secondary N) is 1. The Labute approximate surface area is 139 Å². The van der Waals surface area contributed by atoms with Gasteiger partial charge in [-0.05, 0) is 44.0 Å². The third-order valence-electron chi connectivity index (χ3n) is 4.36. The molecule has 2 aromatic rings. The Kier molecular flexibility index (Phi) is 4.05. The van der Waals surface area contributed by atoms with E-state index in [1.807, 2.05) is 26.0 Å². The number of benzene rings is 1. The van der Waals surface area contributed by atoms with Gasteiger partial charge in [0, 0.05) is 5.56 Å². The highest BCUT2D eigenvalue weighted by Crippen LogP contribution is 2.36. The van der Waals surface area contributed by atoms with E-state index >= 15 is 0 Å². The minimum atomic E-state index is -1.04. The molecule has 6 nitrogen and oxygen atoms in total. The van der Waals surface area contributed by atoms with Crippen molar-refractivity contribution >= 4 is 11.9 Å². The second-order valence-corrected chi connectivity index (χ2v) is 6.04. The molecule has 0 fully saturated rings. The van der Waals surface area contributed by atoms with Crippen molar-refractivity contribution in [2.24, 2.45) is 0 Å². The normalized spacial score (nSPS) is 15.7.